The molecular weight excluding hydrogens is 220 g/mol. The average molecular weight is 238 g/mol. The van der Waals surface area contributed by atoms with Crippen LogP contribution in [0.25, 0.3) is 0 Å². The maximum absolute atomic E-state index is 11.2. The molecule has 0 spiro atoms. The number of nitrogens with one attached hydrogen (secondary N) is 1. The fourth-order valence-electron chi connectivity index (χ4n) is 1.28. The highest BCUT2D eigenvalue weighted by Crippen LogP contribution is 2.02. The molecule has 0 radical (unpaired) electrons. The van der Waals surface area contributed by atoms with Crippen LogP contribution < -0.4 is 5.32 Å². The summed E-state index contributed by atoms with van der Waals surface area (Å²) in [6, 6.07) is 3.43. The molecule has 1 heterocycles. The molecule has 0 saturated carbocycles. The van der Waals surface area contributed by atoms with E-state index < -0.39 is 5.97 Å². The van der Waals surface area contributed by atoms with Crippen molar-refractivity contribution in [1.82, 2.24) is 10.3 Å². The summed E-state index contributed by atoms with van der Waals surface area (Å²) in [6.07, 6.45) is 1.88. The lowest BCUT2D eigenvalue weighted by Crippen LogP contribution is -2.26. The third-order valence-corrected chi connectivity index (χ3v) is 2.40. The van der Waals surface area contributed by atoms with Gasteiger partial charge < -0.3 is 15.2 Å². The Morgan fingerprint density at radius 1 is 1.59 bits per heavy atom. The zero-order valence-electron chi connectivity index (χ0n) is 10.1. The number of hydrogen-bond donors (Lipinski definition) is 2. The Kier molecular flexibility index (Phi) is 5.59. The van der Waals surface area contributed by atoms with E-state index in [4.69, 9.17) is 0 Å². The molecule has 0 saturated heterocycles. The molecule has 0 fully saturated rings. The van der Waals surface area contributed by atoms with Crippen molar-refractivity contribution in [1.29, 1.82) is 0 Å². The Balaban J connectivity index is 2.43. The van der Waals surface area contributed by atoms with E-state index in [0.717, 1.165) is 12.1 Å². The average Bonchev–Trinajstić information content (AvgIpc) is 2.38. The minimum atomic E-state index is -0.390. The monoisotopic (exact) mass is 238 g/mol. The number of nitrogens with zero attached hydrogens (tertiary/aromatic N) is 1. The molecule has 0 aliphatic heterocycles. The summed E-state index contributed by atoms with van der Waals surface area (Å²) in [6.45, 7) is 3.03. The highest BCUT2D eigenvalue weighted by Gasteiger charge is 2.05. The Labute approximate surface area is 101 Å². The first-order valence-electron chi connectivity index (χ1n) is 5.59. The highest BCUT2D eigenvalue weighted by atomic mass is 16.5. The van der Waals surface area contributed by atoms with Crippen LogP contribution in [0, 0.1) is 0 Å². The molecule has 1 aromatic rings. The number of methoxy groups -OCH3 is 1. The molecule has 1 unspecified atom stereocenters. The van der Waals surface area contributed by atoms with E-state index in [1.165, 1.54) is 13.3 Å². The van der Waals surface area contributed by atoms with Gasteiger partial charge in [-0.1, -0.05) is 6.92 Å². The molecule has 1 rings (SSSR count). The molecule has 94 valence electrons. The van der Waals surface area contributed by atoms with E-state index in [2.05, 4.69) is 15.0 Å². The summed E-state index contributed by atoms with van der Waals surface area (Å²) < 4.78 is 4.58. The van der Waals surface area contributed by atoms with Gasteiger partial charge in [-0.15, -0.1) is 0 Å². The number of carbonyl (C=O) groups excluding carboxylic acids is 1. The quantitative estimate of drug-likeness (QED) is 0.715. The Hall–Kier alpha value is -1.46. The predicted molar refractivity (Wildman–Crippen MR) is 63.6 cm³/mol. The van der Waals surface area contributed by atoms with E-state index in [1.54, 1.807) is 12.1 Å². The summed E-state index contributed by atoms with van der Waals surface area (Å²) in [7, 11) is 1.34. The van der Waals surface area contributed by atoms with Gasteiger partial charge in [0.25, 0.3) is 0 Å². The SMILES string of the molecule is CCC(O)CNCc1ccc(C(=O)OC)cn1. The Morgan fingerprint density at radius 3 is 2.88 bits per heavy atom. The highest BCUT2D eigenvalue weighted by molar-refractivity contribution is 5.88. The predicted octanol–water partition coefficient (Wildman–Crippen LogP) is 0.729. The van der Waals surface area contributed by atoms with Crippen LogP contribution in [-0.2, 0) is 11.3 Å². The maximum atomic E-state index is 11.2. The van der Waals surface area contributed by atoms with Gasteiger partial charge in [0, 0.05) is 19.3 Å². The summed E-state index contributed by atoms with van der Waals surface area (Å²) in [5.41, 5.74) is 1.26. The van der Waals surface area contributed by atoms with E-state index in [9.17, 15) is 9.90 Å². The molecule has 2 N–H and O–H groups in total. The number of rotatable bonds is 6. The number of hydrogen-bond acceptors (Lipinski definition) is 5. The van der Waals surface area contributed by atoms with Gasteiger partial charge in [0.2, 0.25) is 0 Å². The molecule has 1 aromatic heterocycles. The molecular formula is C12H18N2O3. The fourth-order valence-corrected chi connectivity index (χ4v) is 1.28. The van der Waals surface area contributed by atoms with Gasteiger partial charge in [0.1, 0.15) is 0 Å². The Morgan fingerprint density at radius 2 is 2.35 bits per heavy atom. The van der Waals surface area contributed by atoms with Crippen LogP contribution in [-0.4, -0.2) is 35.8 Å². The van der Waals surface area contributed by atoms with Crippen LogP contribution in [0.5, 0.6) is 0 Å². The van der Waals surface area contributed by atoms with Crippen LogP contribution in [0.3, 0.4) is 0 Å². The standard InChI is InChI=1S/C12H18N2O3/c1-3-11(15)8-13-7-10-5-4-9(6-14-10)12(16)17-2/h4-6,11,13,15H,3,7-8H2,1-2H3. The van der Waals surface area contributed by atoms with Crippen LogP contribution in [0.4, 0.5) is 0 Å². The number of aliphatic hydroxyl groups is 1. The minimum absolute atomic E-state index is 0.329. The largest absolute Gasteiger partial charge is 0.465 e. The molecule has 5 nitrogen and oxygen atoms in total. The van der Waals surface area contributed by atoms with Crippen molar-refractivity contribution in [3.8, 4) is 0 Å². The molecule has 0 aliphatic carbocycles. The summed E-state index contributed by atoms with van der Waals surface area (Å²) in [5.74, 6) is -0.390. The molecule has 1 atom stereocenters. The van der Waals surface area contributed by atoms with E-state index in [-0.39, 0.29) is 6.10 Å². The number of ether oxygens (including phenoxy) is 1. The van der Waals surface area contributed by atoms with Gasteiger partial charge in [0.15, 0.2) is 0 Å². The lowest BCUT2D eigenvalue weighted by Gasteiger charge is -2.08. The third kappa shape index (κ3) is 4.50. The normalized spacial score (nSPS) is 12.2. The van der Waals surface area contributed by atoms with Gasteiger partial charge in [-0.05, 0) is 18.6 Å². The second-order valence-electron chi connectivity index (χ2n) is 3.72. The second-order valence-corrected chi connectivity index (χ2v) is 3.72. The van der Waals surface area contributed by atoms with E-state index in [1.807, 2.05) is 6.92 Å². The Bertz CT molecular complexity index is 351. The van der Waals surface area contributed by atoms with Crippen molar-refractivity contribution >= 4 is 5.97 Å². The lowest BCUT2D eigenvalue weighted by molar-refractivity contribution is 0.0600. The van der Waals surface area contributed by atoms with Crippen molar-refractivity contribution < 1.29 is 14.6 Å². The minimum Gasteiger partial charge on any atom is -0.465 e. The fraction of sp³-hybridized carbons (Fsp3) is 0.500. The van der Waals surface area contributed by atoms with Gasteiger partial charge in [0.05, 0.1) is 24.5 Å². The van der Waals surface area contributed by atoms with Crippen LogP contribution in [0.1, 0.15) is 29.4 Å². The van der Waals surface area contributed by atoms with Crippen molar-refractivity contribution in [3.05, 3.63) is 29.6 Å². The topological polar surface area (TPSA) is 71.5 Å². The molecule has 0 aliphatic rings. The van der Waals surface area contributed by atoms with Crippen molar-refractivity contribution in [2.24, 2.45) is 0 Å². The summed E-state index contributed by atoms with van der Waals surface area (Å²) in [4.78, 5) is 15.3. The van der Waals surface area contributed by atoms with Gasteiger partial charge in [-0.3, -0.25) is 4.98 Å². The van der Waals surface area contributed by atoms with Gasteiger partial charge >= 0.3 is 5.97 Å². The van der Waals surface area contributed by atoms with Crippen LogP contribution >= 0.6 is 0 Å². The first-order valence-corrected chi connectivity index (χ1v) is 5.59. The van der Waals surface area contributed by atoms with Crippen molar-refractivity contribution in [3.63, 3.8) is 0 Å². The van der Waals surface area contributed by atoms with Crippen LogP contribution in [0.15, 0.2) is 18.3 Å². The van der Waals surface area contributed by atoms with E-state index >= 15 is 0 Å². The first kappa shape index (κ1) is 13.6. The summed E-state index contributed by atoms with van der Waals surface area (Å²) >= 11 is 0. The van der Waals surface area contributed by atoms with E-state index in [0.29, 0.717) is 18.7 Å². The van der Waals surface area contributed by atoms with Gasteiger partial charge in [-0.2, -0.15) is 0 Å². The maximum Gasteiger partial charge on any atom is 0.339 e. The molecule has 0 aromatic carbocycles. The van der Waals surface area contributed by atoms with Crippen molar-refractivity contribution in [2.75, 3.05) is 13.7 Å². The van der Waals surface area contributed by atoms with Crippen molar-refractivity contribution in [2.45, 2.75) is 26.0 Å². The number of pyridine rings is 1. The lowest BCUT2D eigenvalue weighted by atomic mass is 10.2. The number of esters is 1. The second kappa shape index (κ2) is 6.98. The molecule has 17 heavy (non-hydrogen) atoms. The first-order chi connectivity index (χ1) is 8.17. The van der Waals surface area contributed by atoms with Gasteiger partial charge in [-0.25, -0.2) is 4.79 Å². The zero-order chi connectivity index (χ0) is 12.7. The summed E-state index contributed by atoms with van der Waals surface area (Å²) in [5, 5.41) is 12.4. The zero-order valence-corrected chi connectivity index (χ0v) is 10.1. The third-order valence-electron chi connectivity index (χ3n) is 2.40. The molecule has 0 bridgehead atoms. The molecule has 0 amide bonds. The number of carbonyl (C=O) groups is 1. The number of aliphatic hydroxyl groups excluding tert-OH is 1. The molecule has 5 heteroatoms. The van der Waals surface area contributed by atoms with Crippen LogP contribution in [0.2, 0.25) is 0 Å². The smallest absolute Gasteiger partial charge is 0.339 e. The number of aromatic nitrogens is 1.